The molecule has 32 valence electrons. The van der Waals surface area contributed by atoms with Gasteiger partial charge in [-0.1, -0.05) is 0 Å². The van der Waals surface area contributed by atoms with Gasteiger partial charge in [-0.05, 0) is 0 Å². The van der Waals surface area contributed by atoms with E-state index in [1.807, 2.05) is 0 Å². The van der Waals surface area contributed by atoms with E-state index in [0.717, 1.165) is 0 Å². The Hall–Kier alpha value is 1.68. The van der Waals surface area contributed by atoms with Crippen molar-refractivity contribution in [3.8, 4) is 0 Å². The Balaban J connectivity index is 0. The maximum Gasteiger partial charge on any atom is 1.00 e. The molecule has 0 aromatic carbocycles. The van der Waals surface area contributed by atoms with Crippen molar-refractivity contribution in [3.63, 3.8) is 0 Å². The zero-order valence-corrected chi connectivity index (χ0v) is 8.85. The van der Waals surface area contributed by atoms with Gasteiger partial charge in [-0.2, -0.15) is 8.42 Å². The molecule has 4 nitrogen and oxygen atoms in total. The van der Waals surface area contributed by atoms with Gasteiger partial charge in [0.1, 0.15) is 0 Å². The maximum atomic E-state index is 8.74. The summed E-state index contributed by atoms with van der Waals surface area (Å²) in [7, 11) is -4.67. The molecule has 6 heteroatoms. The van der Waals surface area contributed by atoms with Crippen molar-refractivity contribution in [2.24, 2.45) is 0 Å². The predicted octanol–water partition coefficient (Wildman–Crippen LogP) is -3.65. The minimum absolute atomic E-state index is 0. The van der Waals surface area contributed by atoms with E-state index >= 15 is 0 Å². The first kappa shape index (κ1) is 10.6. The van der Waals surface area contributed by atoms with Crippen LogP contribution in [0.5, 0.6) is 0 Å². The summed E-state index contributed by atoms with van der Waals surface area (Å²) in [5, 5.41) is 0. The molecule has 0 bridgehead atoms. The van der Waals surface area contributed by atoms with Crippen molar-refractivity contribution in [2.45, 2.75) is 0 Å². The second-order valence-electron chi connectivity index (χ2n) is 0.448. The van der Waals surface area contributed by atoms with Crippen molar-refractivity contribution in [1.29, 1.82) is 0 Å². The molecule has 0 saturated carbocycles. The Morgan fingerprint density at radius 1 is 1.17 bits per heavy atom. The molecule has 0 fully saturated rings. The van der Waals surface area contributed by atoms with Crippen LogP contribution in [-0.2, 0) is 10.4 Å². The van der Waals surface area contributed by atoms with E-state index in [0.29, 0.717) is 0 Å². The van der Waals surface area contributed by atoms with Gasteiger partial charge in [-0.15, -0.1) is 0 Å². The first-order valence-corrected chi connectivity index (χ1v) is 2.10. The standard InChI is InChI=1S/H2O4S.Rb/c1-5(2,3)4;/h(H2,1,2,3,4);/q;+1. The Morgan fingerprint density at radius 3 is 1.17 bits per heavy atom. The summed E-state index contributed by atoms with van der Waals surface area (Å²) in [5.74, 6) is 0. The van der Waals surface area contributed by atoms with Crippen LogP contribution in [0.4, 0.5) is 0 Å². The molecular weight excluding hydrogens is 182 g/mol. The normalized spacial score (nSPS) is 9.67. The zero-order chi connectivity index (χ0) is 4.50. The molecule has 0 amide bonds. The summed E-state index contributed by atoms with van der Waals surface area (Å²) >= 11 is 0. The van der Waals surface area contributed by atoms with E-state index in [4.69, 9.17) is 17.5 Å². The van der Waals surface area contributed by atoms with Crippen molar-refractivity contribution in [3.05, 3.63) is 0 Å². The molecule has 2 N–H and O–H groups in total. The third-order valence-electron chi connectivity index (χ3n) is 0. The van der Waals surface area contributed by atoms with Crippen LogP contribution in [0.25, 0.3) is 0 Å². The Morgan fingerprint density at radius 2 is 1.17 bits per heavy atom. The van der Waals surface area contributed by atoms with Gasteiger partial charge in [-0.3, -0.25) is 9.11 Å². The van der Waals surface area contributed by atoms with Gasteiger partial charge >= 0.3 is 68.6 Å². The second kappa shape index (κ2) is 3.65. The van der Waals surface area contributed by atoms with Crippen molar-refractivity contribution < 1.29 is 75.7 Å². The van der Waals surface area contributed by atoms with Crippen LogP contribution in [0.1, 0.15) is 0 Å². The molecule has 0 saturated heterocycles. The van der Waals surface area contributed by atoms with E-state index in [9.17, 15) is 0 Å². The number of rotatable bonds is 0. The first-order valence-electron chi connectivity index (χ1n) is 0.698. The van der Waals surface area contributed by atoms with Gasteiger partial charge < -0.3 is 0 Å². The molecule has 0 rings (SSSR count). The third kappa shape index (κ3) is 44.2. The Kier molecular flexibility index (Phi) is 6.46. The number of hydrogen-bond acceptors (Lipinski definition) is 2. The largest absolute Gasteiger partial charge is 1.00 e. The van der Waals surface area contributed by atoms with Crippen LogP contribution >= 0.6 is 0 Å². The predicted molar refractivity (Wildman–Crippen MR) is 14.2 cm³/mol. The average molecular weight is 184 g/mol. The van der Waals surface area contributed by atoms with Crippen molar-refractivity contribution in [1.82, 2.24) is 0 Å². The average Bonchev–Trinajstić information content (AvgIpc) is 0.722. The van der Waals surface area contributed by atoms with E-state index < -0.39 is 10.4 Å². The van der Waals surface area contributed by atoms with Crippen molar-refractivity contribution in [2.75, 3.05) is 0 Å². The third-order valence-corrected chi connectivity index (χ3v) is 0. The molecule has 0 aliphatic heterocycles. The summed E-state index contributed by atoms with van der Waals surface area (Å²) < 4.78 is 31.6. The molecular formula is H2O4RbS+. The fourth-order valence-corrected chi connectivity index (χ4v) is 0. The monoisotopic (exact) mass is 183 g/mol. The first-order chi connectivity index (χ1) is 2.00. The van der Waals surface area contributed by atoms with E-state index in [1.54, 1.807) is 0 Å². The Labute approximate surface area is 84.3 Å². The SMILES string of the molecule is O=S(=O)(O)O.[Rb+]. The fourth-order valence-electron chi connectivity index (χ4n) is 0. The summed E-state index contributed by atoms with van der Waals surface area (Å²) in [6.45, 7) is 0. The van der Waals surface area contributed by atoms with Gasteiger partial charge in [0.15, 0.2) is 0 Å². The minimum atomic E-state index is -4.67. The summed E-state index contributed by atoms with van der Waals surface area (Å²) in [5.41, 5.74) is 0. The summed E-state index contributed by atoms with van der Waals surface area (Å²) in [4.78, 5) is 0. The zero-order valence-electron chi connectivity index (χ0n) is 3.12. The van der Waals surface area contributed by atoms with Crippen LogP contribution in [0.3, 0.4) is 0 Å². The summed E-state index contributed by atoms with van der Waals surface area (Å²) in [6, 6.07) is 0. The smallest absolute Gasteiger partial charge is 0.264 e. The van der Waals surface area contributed by atoms with Gasteiger partial charge in [0, 0.05) is 0 Å². The molecule has 0 atom stereocenters. The molecule has 0 aromatic heterocycles. The van der Waals surface area contributed by atoms with Gasteiger partial charge in [0.05, 0.1) is 0 Å². The van der Waals surface area contributed by atoms with Crippen LogP contribution in [0, 0.1) is 0 Å². The molecule has 0 unspecified atom stereocenters. The van der Waals surface area contributed by atoms with E-state index in [1.165, 1.54) is 0 Å². The quantitative estimate of drug-likeness (QED) is 0.380. The minimum Gasteiger partial charge on any atom is -0.264 e. The van der Waals surface area contributed by atoms with Crippen LogP contribution in [0.15, 0.2) is 0 Å². The van der Waals surface area contributed by atoms with Crippen molar-refractivity contribution >= 4 is 10.4 Å². The molecule has 0 spiro atoms. The topological polar surface area (TPSA) is 74.6 Å². The van der Waals surface area contributed by atoms with Gasteiger partial charge in [0.25, 0.3) is 0 Å². The molecule has 0 aliphatic carbocycles. The van der Waals surface area contributed by atoms with Gasteiger partial charge in [0.2, 0.25) is 0 Å². The molecule has 0 aromatic rings. The fraction of sp³-hybridized carbons (Fsp3) is 0. The van der Waals surface area contributed by atoms with E-state index in [-0.39, 0.29) is 58.2 Å². The molecule has 0 aliphatic rings. The van der Waals surface area contributed by atoms with Crippen LogP contribution in [-0.4, -0.2) is 17.5 Å². The maximum absolute atomic E-state index is 8.74. The van der Waals surface area contributed by atoms with Gasteiger partial charge in [-0.25, -0.2) is 0 Å². The Bertz CT molecular complexity index is 90.7. The van der Waals surface area contributed by atoms with Crippen LogP contribution < -0.4 is 58.2 Å². The van der Waals surface area contributed by atoms with E-state index in [2.05, 4.69) is 0 Å². The number of hydrogen-bond donors (Lipinski definition) is 2. The molecule has 0 heterocycles. The van der Waals surface area contributed by atoms with Crippen LogP contribution in [0.2, 0.25) is 0 Å². The molecule has 6 heavy (non-hydrogen) atoms. The summed E-state index contributed by atoms with van der Waals surface area (Å²) in [6.07, 6.45) is 0. The molecule has 0 radical (unpaired) electrons. The second-order valence-corrected chi connectivity index (χ2v) is 1.34.